The first kappa shape index (κ1) is 13.2. The van der Waals surface area contributed by atoms with Gasteiger partial charge in [-0.15, -0.1) is 0 Å². The lowest BCUT2D eigenvalue weighted by Gasteiger charge is -2.13. The molecular weight excluding hydrogens is 218 g/mol. The van der Waals surface area contributed by atoms with Gasteiger partial charge in [0.25, 0.3) is 0 Å². The van der Waals surface area contributed by atoms with Crippen molar-refractivity contribution >= 4 is 17.6 Å². The van der Waals surface area contributed by atoms with Crippen molar-refractivity contribution in [1.29, 1.82) is 0 Å². The highest BCUT2D eigenvalue weighted by Crippen LogP contribution is 2.20. The molecule has 1 aromatic rings. The van der Waals surface area contributed by atoms with E-state index in [1.54, 1.807) is 25.1 Å². The molecule has 4 nitrogen and oxygen atoms in total. The Morgan fingerprint density at radius 3 is 2.59 bits per heavy atom. The largest absolute Gasteiger partial charge is 0.478 e. The Kier molecular flexibility index (Phi) is 4.26. The van der Waals surface area contributed by atoms with Gasteiger partial charge in [0.05, 0.1) is 11.3 Å². The van der Waals surface area contributed by atoms with E-state index in [9.17, 15) is 9.59 Å². The van der Waals surface area contributed by atoms with Crippen molar-refractivity contribution in [2.75, 3.05) is 5.32 Å². The maximum atomic E-state index is 11.7. The SMILES string of the molecule is CCC(C)C(=O)Nc1cccc(C)c1C(=O)O. The van der Waals surface area contributed by atoms with Crippen molar-refractivity contribution in [2.45, 2.75) is 27.2 Å². The van der Waals surface area contributed by atoms with Crippen LogP contribution in [0, 0.1) is 12.8 Å². The third kappa shape index (κ3) is 3.06. The van der Waals surface area contributed by atoms with Crippen LogP contribution in [0.15, 0.2) is 18.2 Å². The van der Waals surface area contributed by atoms with E-state index < -0.39 is 5.97 Å². The Bertz CT molecular complexity index is 440. The predicted molar refractivity (Wildman–Crippen MR) is 66.2 cm³/mol. The molecule has 1 aromatic carbocycles. The number of aromatic carboxylic acids is 1. The highest BCUT2D eigenvalue weighted by atomic mass is 16.4. The van der Waals surface area contributed by atoms with Gasteiger partial charge in [0, 0.05) is 5.92 Å². The van der Waals surface area contributed by atoms with Crippen LogP contribution < -0.4 is 5.32 Å². The third-order valence-electron chi connectivity index (χ3n) is 2.80. The van der Waals surface area contributed by atoms with Crippen LogP contribution in [0.2, 0.25) is 0 Å². The van der Waals surface area contributed by atoms with Crippen molar-refractivity contribution in [3.8, 4) is 0 Å². The Balaban J connectivity index is 3.03. The summed E-state index contributed by atoms with van der Waals surface area (Å²) in [5.74, 6) is -1.31. The standard InChI is InChI=1S/C13H17NO3/c1-4-8(2)12(15)14-10-7-5-6-9(3)11(10)13(16)17/h5-8H,4H2,1-3H3,(H,14,15)(H,16,17). The minimum atomic E-state index is -1.03. The topological polar surface area (TPSA) is 66.4 Å². The molecule has 0 aliphatic carbocycles. The normalized spacial score (nSPS) is 11.9. The first-order valence-corrected chi connectivity index (χ1v) is 5.61. The van der Waals surface area contributed by atoms with Gasteiger partial charge in [-0.2, -0.15) is 0 Å². The fraction of sp³-hybridized carbons (Fsp3) is 0.385. The lowest BCUT2D eigenvalue weighted by Crippen LogP contribution is -2.21. The monoisotopic (exact) mass is 235 g/mol. The average Bonchev–Trinajstić information content (AvgIpc) is 2.27. The van der Waals surface area contributed by atoms with Gasteiger partial charge in [-0.05, 0) is 25.0 Å². The number of carbonyl (C=O) groups excluding carboxylic acids is 1. The number of anilines is 1. The summed E-state index contributed by atoms with van der Waals surface area (Å²) in [4.78, 5) is 22.8. The molecule has 1 atom stereocenters. The quantitative estimate of drug-likeness (QED) is 0.843. The molecule has 0 aliphatic rings. The van der Waals surface area contributed by atoms with Crippen LogP contribution in [0.4, 0.5) is 5.69 Å². The Morgan fingerprint density at radius 1 is 1.41 bits per heavy atom. The molecule has 2 N–H and O–H groups in total. The number of carboxylic acids is 1. The van der Waals surface area contributed by atoms with Crippen molar-refractivity contribution in [3.63, 3.8) is 0 Å². The van der Waals surface area contributed by atoms with E-state index in [4.69, 9.17) is 5.11 Å². The summed E-state index contributed by atoms with van der Waals surface area (Å²) in [7, 11) is 0. The zero-order valence-corrected chi connectivity index (χ0v) is 10.3. The van der Waals surface area contributed by atoms with E-state index in [1.165, 1.54) is 0 Å². The molecule has 0 fully saturated rings. The second-order valence-corrected chi connectivity index (χ2v) is 4.10. The fourth-order valence-electron chi connectivity index (χ4n) is 1.50. The number of hydrogen-bond donors (Lipinski definition) is 2. The zero-order chi connectivity index (χ0) is 13.0. The van der Waals surface area contributed by atoms with Crippen LogP contribution >= 0.6 is 0 Å². The van der Waals surface area contributed by atoms with Crippen LogP contribution in [-0.2, 0) is 4.79 Å². The summed E-state index contributed by atoms with van der Waals surface area (Å²) in [6.45, 7) is 5.44. The molecule has 1 unspecified atom stereocenters. The molecular formula is C13H17NO3. The van der Waals surface area contributed by atoms with Crippen LogP contribution in [0.3, 0.4) is 0 Å². The van der Waals surface area contributed by atoms with E-state index in [1.807, 2.05) is 13.8 Å². The van der Waals surface area contributed by atoms with Gasteiger partial charge < -0.3 is 10.4 Å². The summed E-state index contributed by atoms with van der Waals surface area (Å²) in [6, 6.07) is 5.05. The second kappa shape index (κ2) is 5.48. The molecule has 0 radical (unpaired) electrons. The predicted octanol–water partition coefficient (Wildman–Crippen LogP) is 2.68. The van der Waals surface area contributed by atoms with Crippen LogP contribution in [0.25, 0.3) is 0 Å². The van der Waals surface area contributed by atoms with Crippen molar-refractivity contribution in [3.05, 3.63) is 29.3 Å². The minimum Gasteiger partial charge on any atom is -0.478 e. The molecule has 0 bridgehead atoms. The Morgan fingerprint density at radius 2 is 2.06 bits per heavy atom. The summed E-state index contributed by atoms with van der Waals surface area (Å²) < 4.78 is 0. The van der Waals surface area contributed by atoms with Gasteiger partial charge in [-0.3, -0.25) is 4.79 Å². The van der Waals surface area contributed by atoms with E-state index in [0.717, 1.165) is 6.42 Å². The molecule has 17 heavy (non-hydrogen) atoms. The van der Waals surface area contributed by atoms with Gasteiger partial charge in [-0.1, -0.05) is 26.0 Å². The summed E-state index contributed by atoms with van der Waals surface area (Å²) >= 11 is 0. The van der Waals surface area contributed by atoms with Gasteiger partial charge >= 0.3 is 5.97 Å². The van der Waals surface area contributed by atoms with Gasteiger partial charge in [0.2, 0.25) is 5.91 Å². The van der Waals surface area contributed by atoms with E-state index >= 15 is 0 Å². The number of carbonyl (C=O) groups is 2. The molecule has 1 rings (SSSR count). The highest BCUT2D eigenvalue weighted by Gasteiger charge is 2.17. The molecule has 0 spiro atoms. The Labute approximate surface area is 101 Å². The van der Waals surface area contributed by atoms with Crippen LogP contribution in [0.5, 0.6) is 0 Å². The number of amides is 1. The zero-order valence-electron chi connectivity index (χ0n) is 10.3. The maximum Gasteiger partial charge on any atom is 0.338 e. The second-order valence-electron chi connectivity index (χ2n) is 4.10. The maximum absolute atomic E-state index is 11.7. The summed E-state index contributed by atoms with van der Waals surface area (Å²) in [5, 5.41) is 11.8. The average molecular weight is 235 g/mol. The first-order valence-electron chi connectivity index (χ1n) is 5.61. The van der Waals surface area contributed by atoms with Crippen molar-refractivity contribution in [2.24, 2.45) is 5.92 Å². The lowest BCUT2D eigenvalue weighted by molar-refractivity contribution is -0.119. The number of benzene rings is 1. The number of nitrogens with one attached hydrogen (secondary N) is 1. The molecule has 0 aliphatic heterocycles. The number of aryl methyl sites for hydroxylation is 1. The van der Waals surface area contributed by atoms with Crippen molar-refractivity contribution < 1.29 is 14.7 Å². The van der Waals surface area contributed by atoms with Gasteiger partial charge in [0.1, 0.15) is 0 Å². The van der Waals surface area contributed by atoms with Crippen LogP contribution in [-0.4, -0.2) is 17.0 Å². The number of hydrogen-bond acceptors (Lipinski definition) is 2. The third-order valence-corrected chi connectivity index (χ3v) is 2.80. The molecule has 4 heteroatoms. The summed E-state index contributed by atoms with van der Waals surface area (Å²) in [6.07, 6.45) is 0.722. The minimum absolute atomic E-state index is 0.128. The van der Waals surface area contributed by atoms with Gasteiger partial charge in [-0.25, -0.2) is 4.79 Å². The lowest BCUT2D eigenvalue weighted by atomic mass is 10.0. The van der Waals surface area contributed by atoms with E-state index in [-0.39, 0.29) is 17.4 Å². The van der Waals surface area contributed by atoms with Gasteiger partial charge in [0.15, 0.2) is 0 Å². The number of carboxylic acid groups (broad SMARTS) is 1. The van der Waals surface area contributed by atoms with E-state index in [0.29, 0.717) is 11.3 Å². The fourth-order valence-corrected chi connectivity index (χ4v) is 1.50. The smallest absolute Gasteiger partial charge is 0.338 e. The molecule has 0 heterocycles. The van der Waals surface area contributed by atoms with Crippen molar-refractivity contribution in [1.82, 2.24) is 0 Å². The molecule has 0 saturated heterocycles. The number of rotatable bonds is 4. The van der Waals surface area contributed by atoms with E-state index in [2.05, 4.69) is 5.32 Å². The summed E-state index contributed by atoms with van der Waals surface area (Å²) in [5.41, 5.74) is 1.16. The van der Waals surface area contributed by atoms with Crippen LogP contribution in [0.1, 0.15) is 36.2 Å². The first-order chi connectivity index (χ1) is 7.97. The molecule has 0 aromatic heterocycles. The molecule has 92 valence electrons. The molecule has 1 amide bonds. The molecule has 0 saturated carbocycles. The highest BCUT2D eigenvalue weighted by molar-refractivity contribution is 6.02. The Hall–Kier alpha value is -1.84.